The van der Waals surface area contributed by atoms with Crippen molar-refractivity contribution in [3.05, 3.63) is 0 Å². The van der Waals surface area contributed by atoms with E-state index in [-0.39, 0.29) is 11.8 Å². The topological polar surface area (TPSA) is 66.8 Å². The van der Waals surface area contributed by atoms with E-state index in [0.29, 0.717) is 19.8 Å². The van der Waals surface area contributed by atoms with E-state index < -0.39 is 17.8 Å². The van der Waals surface area contributed by atoms with Crippen LogP contribution in [0.15, 0.2) is 0 Å². The molecule has 6 heteroatoms. The summed E-state index contributed by atoms with van der Waals surface area (Å²) >= 11 is 0. The molecule has 74 valence electrons. The molecule has 5 nitrogen and oxygen atoms in total. The first-order chi connectivity index (χ1) is 6.61. The molecule has 0 spiro atoms. The van der Waals surface area contributed by atoms with Gasteiger partial charge in [-0.25, -0.2) is 4.79 Å². The van der Waals surface area contributed by atoms with Crippen molar-refractivity contribution in [2.75, 3.05) is 19.8 Å². The second kappa shape index (κ2) is 3.27. The molecule has 0 bridgehead atoms. The first-order valence-electron chi connectivity index (χ1n) is 4.48. The Morgan fingerprint density at radius 1 is 1.43 bits per heavy atom. The van der Waals surface area contributed by atoms with Gasteiger partial charge < -0.3 is 14.7 Å². The molecular weight excluding hydrogens is 185 g/mol. The minimum atomic E-state index is -0.998. The molecule has 2 fully saturated rings. The fraction of sp³-hybridized carbons (Fsp3) is 0.750. The average Bonchev–Trinajstić information content (AvgIpc) is 2.58. The molecule has 2 aliphatic rings. The minimum Gasteiger partial charge on any atom is -0.480 e. The first kappa shape index (κ1) is 9.52. The zero-order valence-corrected chi connectivity index (χ0v) is 7.55. The maximum absolute atomic E-state index is 11.0. The number of hydrogen-bond acceptors (Lipinski definition) is 3. The van der Waals surface area contributed by atoms with E-state index in [9.17, 15) is 9.59 Å². The molecular formula is C8H10BNO4. The van der Waals surface area contributed by atoms with Crippen molar-refractivity contribution in [3.8, 4) is 0 Å². The van der Waals surface area contributed by atoms with Crippen LogP contribution < -0.4 is 0 Å². The number of hydrogen-bond donors (Lipinski definition) is 1. The molecule has 2 saturated heterocycles. The number of carbonyl (C=O) groups excluding carboxylic acids is 1. The lowest BCUT2D eigenvalue weighted by Gasteiger charge is -2.23. The van der Waals surface area contributed by atoms with E-state index in [4.69, 9.17) is 17.7 Å². The number of carbonyl (C=O) groups is 2. The number of amides is 1. The minimum absolute atomic E-state index is 0.0972. The van der Waals surface area contributed by atoms with E-state index >= 15 is 0 Å². The molecule has 2 rings (SSSR count). The maximum Gasteiger partial charge on any atom is 0.326 e. The molecule has 0 aliphatic carbocycles. The van der Waals surface area contributed by atoms with Crippen molar-refractivity contribution >= 4 is 19.6 Å². The van der Waals surface area contributed by atoms with Crippen molar-refractivity contribution in [1.82, 2.24) is 4.90 Å². The Hall–Kier alpha value is -1.04. The number of nitrogens with zero attached hydrogens (tertiary/aromatic N) is 1. The van der Waals surface area contributed by atoms with Gasteiger partial charge in [0.2, 0.25) is 7.85 Å². The highest BCUT2D eigenvalue weighted by Gasteiger charge is 2.49. The predicted octanol–water partition coefficient (Wildman–Crippen LogP) is -0.694. The number of carboxylic acid groups (broad SMARTS) is 1. The Kier molecular flexibility index (Phi) is 2.22. The SMILES string of the molecule is [B]C(=O)N1C[C@@H]2COC[C@@H]2[C@H]1C(=O)O. The smallest absolute Gasteiger partial charge is 0.326 e. The molecule has 14 heavy (non-hydrogen) atoms. The van der Waals surface area contributed by atoms with Gasteiger partial charge in [0, 0.05) is 18.4 Å². The fourth-order valence-corrected chi connectivity index (χ4v) is 2.29. The standard InChI is InChI=1S/C8H10BNO4/c9-8(13)10-1-4-2-14-3-5(4)6(10)7(11)12/h4-6H,1-3H2,(H,11,12)/t4-,5+,6+/m1/s1. The highest BCUT2D eigenvalue weighted by atomic mass is 16.5. The molecule has 0 saturated carbocycles. The van der Waals surface area contributed by atoms with Gasteiger partial charge in [-0.05, 0) is 0 Å². The van der Waals surface area contributed by atoms with E-state index in [2.05, 4.69) is 0 Å². The van der Waals surface area contributed by atoms with Crippen molar-refractivity contribution in [2.24, 2.45) is 11.8 Å². The summed E-state index contributed by atoms with van der Waals surface area (Å²) in [5.41, 5.74) is 0. The summed E-state index contributed by atoms with van der Waals surface area (Å²) in [5, 5.41) is 8.97. The van der Waals surface area contributed by atoms with E-state index in [1.165, 1.54) is 4.90 Å². The zero-order valence-electron chi connectivity index (χ0n) is 7.55. The van der Waals surface area contributed by atoms with Crippen LogP contribution in [-0.2, 0) is 9.53 Å². The van der Waals surface area contributed by atoms with Crippen molar-refractivity contribution in [1.29, 1.82) is 0 Å². The molecule has 3 atom stereocenters. The van der Waals surface area contributed by atoms with Crippen LogP contribution in [0.4, 0.5) is 4.79 Å². The van der Waals surface area contributed by atoms with Crippen LogP contribution in [0, 0.1) is 11.8 Å². The number of fused-ring (bicyclic) bond motifs is 1. The summed E-state index contributed by atoms with van der Waals surface area (Å²) in [7, 11) is 5.11. The number of rotatable bonds is 1. The summed E-state index contributed by atoms with van der Waals surface area (Å²) in [6.45, 7) is 1.33. The van der Waals surface area contributed by atoms with Gasteiger partial charge in [-0.2, -0.15) is 0 Å². The van der Waals surface area contributed by atoms with Crippen molar-refractivity contribution in [2.45, 2.75) is 6.04 Å². The molecule has 2 radical (unpaired) electrons. The molecule has 2 heterocycles. The summed E-state index contributed by atoms with van der Waals surface area (Å²) < 4.78 is 5.18. The van der Waals surface area contributed by atoms with E-state index in [1.54, 1.807) is 0 Å². The lowest BCUT2D eigenvalue weighted by atomic mass is 9.94. The van der Waals surface area contributed by atoms with Gasteiger partial charge in [-0.1, -0.05) is 0 Å². The quantitative estimate of drug-likeness (QED) is 0.562. The summed E-state index contributed by atoms with van der Waals surface area (Å²) in [5.74, 6) is -1.63. The Morgan fingerprint density at radius 3 is 2.71 bits per heavy atom. The molecule has 0 unspecified atom stereocenters. The second-order valence-electron chi connectivity index (χ2n) is 3.74. The Balaban J connectivity index is 2.21. The average molecular weight is 195 g/mol. The van der Waals surface area contributed by atoms with Crippen LogP contribution in [0.2, 0.25) is 0 Å². The Bertz CT molecular complexity index is 283. The third-order valence-electron chi connectivity index (χ3n) is 2.96. The van der Waals surface area contributed by atoms with E-state index in [0.717, 1.165) is 0 Å². The third-order valence-corrected chi connectivity index (χ3v) is 2.96. The van der Waals surface area contributed by atoms with Crippen LogP contribution in [0.1, 0.15) is 0 Å². The van der Waals surface area contributed by atoms with E-state index in [1.807, 2.05) is 0 Å². The van der Waals surface area contributed by atoms with Crippen LogP contribution in [0.25, 0.3) is 0 Å². The number of carboxylic acids is 1. The van der Waals surface area contributed by atoms with Gasteiger partial charge in [0.25, 0.3) is 0 Å². The Morgan fingerprint density at radius 2 is 2.14 bits per heavy atom. The lowest BCUT2D eigenvalue weighted by molar-refractivity contribution is -0.142. The molecule has 0 aromatic rings. The monoisotopic (exact) mass is 195 g/mol. The predicted molar refractivity (Wildman–Crippen MR) is 47.1 cm³/mol. The number of ether oxygens (including phenoxy) is 1. The van der Waals surface area contributed by atoms with Crippen molar-refractivity contribution < 1.29 is 19.4 Å². The Labute approximate surface area is 82.4 Å². The molecule has 1 amide bonds. The molecule has 0 aromatic heterocycles. The zero-order chi connectivity index (χ0) is 10.3. The van der Waals surface area contributed by atoms with Crippen LogP contribution in [0.5, 0.6) is 0 Å². The van der Waals surface area contributed by atoms with Gasteiger partial charge in [-0.3, -0.25) is 4.79 Å². The lowest BCUT2D eigenvalue weighted by Crippen LogP contribution is -2.43. The number of likely N-dealkylation sites (tertiary alicyclic amines) is 1. The van der Waals surface area contributed by atoms with Gasteiger partial charge in [0.1, 0.15) is 6.04 Å². The summed E-state index contributed by atoms with van der Waals surface area (Å²) in [6, 6.07) is -0.806. The molecule has 1 N–H and O–H groups in total. The highest BCUT2D eigenvalue weighted by Crippen LogP contribution is 2.34. The first-order valence-corrected chi connectivity index (χ1v) is 4.48. The van der Waals surface area contributed by atoms with Gasteiger partial charge >= 0.3 is 5.97 Å². The van der Waals surface area contributed by atoms with Crippen LogP contribution >= 0.6 is 0 Å². The second-order valence-corrected chi connectivity index (χ2v) is 3.74. The largest absolute Gasteiger partial charge is 0.480 e. The number of aliphatic carboxylic acids is 1. The molecule has 2 aliphatic heterocycles. The third kappa shape index (κ3) is 1.30. The van der Waals surface area contributed by atoms with Crippen LogP contribution in [-0.4, -0.2) is 55.4 Å². The normalized spacial score (nSPS) is 35.7. The van der Waals surface area contributed by atoms with Gasteiger partial charge in [0.15, 0.2) is 5.81 Å². The molecule has 0 aromatic carbocycles. The highest BCUT2D eigenvalue weighted by molar-refractivity contribution is 6.57. The van der Waals surface area contributed by atoms with Gasteiger partial charge in [-0.15, -0.1) is 0 Å². The summed E-state index contributed by atoms with van der Waals surface area (Å²) in [6.07, 6.45) is 0. The summed E-state index contributed by atoms with van der Waals surface area (Å²) in [4.78, 5) is 23.2. The maximum atomic E-state index is 11.0. The van der Waals surface area contributed by atoms with Gasteiger partial charge in [0.05, 0.1) is 13.2 Å². The van der Waals surface area contributed by atoms with Crippen LogP contribution in [0.3, 0.4) is 0 Å². The fourth-order valence-electron chi connectivity index (χ4n) is 2.29. The van der Waals surface area contributed by atoms with Crippen molar-refractivity contribution in [3.63, 3.8) is 0 Å².